The van der Waals surface area contributed by atoms with Crippen LogP contribution in [0.2, 0.25) is 0 Å². The van der Waals surface area contributed by atoms with Crippen molar-refractivity contribution in [2.45, 2.75) is 19.4 Å². The quantitative estimate of drug-likeness (QED) is 0.825. The minimum Gasteiger partial charge on any atom is -0.477 e. The van der Waals surface area contributed by atoms with E-state index in [0.29, 0.717) is 18.8 Å². The number of pyridine rings is 1. The summed E-state index contributed by atoms with van der Waals surface area (Å²) in [4.78, 5) is 28.6. The molecule has 2 heterocycles. The number of ether oxygens (including phenoxy) is 1. The van der Waals surface area contributed by atoms with Gasteiger partial charge in [-0.05, 0) is 25.5 Å². The van der Waals surface area contributed by atoms with Crippen molar-refractivity contribution in [2.75, 3.05) is 18.6 Å². The maximum atomic E-state index is 11.6. The predicted octanol–water partition coefficient (Wildman–Crippen LogP) is 1.17. The number of rotatable bonds is 3. The lowest BCUT2D eigenvalue weighted by Gasteiger charge is -2.24. The van der Waals surface area contributed by atoms with Crippen molar-refractivity contribution >= 4 is 17.8 Å². The summed E-state index contributed by atoms with van der Waals surface area (Å²) in [6, 6.07) is 4.81. The standard InChI is InChI=1S/C13H16N2O4/c1-8-9(13(18)19-2)6-7-15(8)11-5-3-4-10(14-11)12(16)17/h3-5,8-9H,6-7H2,1-2H3,(H,16,17). The largest absolute Gasteiger partial charge is 0.477 e. The van der Waals surface area contributed by atoms with Crippen molar-refractivity contribution in [3.63, 3.8) is 0 Å². The molecular weight excluding hydrogens is 248 g/mol. The second-order valence-corrected chi connectivity index (χ2v) is 4.54. The number of aromatic carboxylic acids is 1. The van der Waals surface area contributed by atoms with E-state index in [9.17, 15) is 9.59 Å². The van der Waals surface area contributed by atoms with Crippen molar-refractivity contribution in [1.29, 1.82) is 0 Å². The van der Waals surface area contributed by atoms with Gasteiger partial charge >= 0.3 is 11.9 Å². The first kappa shape index (κ1) is 13.3. The number of anilines is 1. The molecule has 0 aromatic carbocycles. The van der Waals surface area contributed by atoms with Gasteiger partial charge < -0.3 is 14.7 Å². The first-order chi connectivity index (χ1) is 9.04. The molecule has 0 radical (unpaired) electrons. The fourth-order valence-corrected chi connectivity index (χ4v) is 2.43. The maximum Gasteiger partial charge on any atom is 0.354 e. The average molecular weight is 264 g/mol. The third-order valence-corrected chi connectivity index (χ3v) is 3.51. The van der Waals surface area contributed by atoms with Crippen LogP contribution in [0.3, 0.4) is 0 Å². The van der Waals surface area contributed by atoms with Crippen molar-refractivity contribution < 1.29 is 19.4 Å². The van der Waals surface area contributed by atoms with Crippen molar-refractivity contribution in [2.24, 2.45) is 5.92 Å². The molecule has 0 spiro atoms. The Bertz CT molecular complexity index is 503. The van der Waals surface area contributed by atoms with E-state index in [1.165, 1.54) is 13.2 Å². The van der Waals surface area contributed by atoms with Crippen LogP contribution in [0, 0.1) is 5.92 Å². The molecule has 6 heteroatoms. The molecule has 0 saturated carbocycles. The van der Waals surface area contributed by atoms with Crippen LogP contribution >= 0.6 is 0 Å². The summed E-state index contributed by atoms with van der Waals surface area (Å²) in [6.45, 7) is 2.58. The van der Waals surface area contributed by atoms with E-state index in [0.717, 1.165) is 0 Å². The molecule has 0 amide bonds. The van der Waals surface area contributed by atoms with Crippen LogP contribution in [-0.2, 0) is 9.53 Å². The second-order valence-electron chi connectivity index (χ2n) is 4.54. The van der Waals surface area contributed by atoms with Gasteiger partial charge in [0.25, 0.3) is 0 Å². The lowest BCUT2D eigenvalue weighted by Crippen LogP contribution is -2.34. The number of carboxylic acid groups (broad SMARTS) is 1. The topological polar surface area (TPSA) is 79.7 Å². The van der Waals surface area contributed by atoms with E-state index in [4.69, 9.17) is 9.84 Å². The van der Waals surface area contributed by atoms with Gasteiger partial charge in [-0.25, -0.2) is 9.78 Å². The van der Waals surface area contributed by atoms with E-state index in [1.807, 2.05) is 11.8 Å². The summed E-state index contributed by atoms with van der Waals surface area (Å²) in [7, 11) is 1.38. The fraction of sp³-hybridized carbons (Fsp3) is 0.462. The molecule has 1 saturated heterocycles. The van der Waals surface area contributed by atoms with Crippen molar-refractivity contribution in [3.8, 4) is 0 Å². The smallest absolute Gasteiger partial charge is 0.354 e. The molecule has 6 nitrogen and oxygen atoms in total. The molecule has 102 valence electrons. The van der Waals surface area contributed by atoms with E-state index in [-0.39, 0.29) is 23.6 Å². The summed E-state index contributed by atoms with van der Waals surface area (Å²) in [5.74, 6) is -0.901. The highest BCUT2D eigenvalue weighted by atomic mass is 16.5. The zero-order chi connectivity index (χ0) is 14.0. The highest BCUT2D eigenvalue weighted by Crippen LogP contribution is 2.29. The van der Waals surface area contributed by atoms with Gasteiger partial charge in [0, 0.05) is 12.6 Å². The summed E-state index contributed by atoms with van der Waals surface area (Å²) >= 11 is 0. The number of carbonyl (C=O) groups is 2. The van der Waals surface area contributed by atoms with Gasteiger partial charge in [0.15, 0.2) is 5.69 Å². The van der Waals surface area contributed by atoms with Crippen LogP contribution < -0.4 is 4.90 Å². The summed E-state index contributed by atoms with van der Waals surface area (Å²) in [5.41, 5.74) is 0.00576. The number of methoxy groups -OCH3 is 1. The molecule has 1 aromatic rings. The Hall–Kier alpha value is -2.11. The number of nitrogens with zero attached hydrogens (tertiary/aromatic N) is 2. The Morgan fingerprint density at radius 3 is 2.84 bits per heavy atom. The lowest BCUT2D eigenvalue weighted by atomic mass is 10.0. The van der Waals surface area contributed by atoms with Gasteiger partial charge in [-0.2, -0.15) is 0 Å². The average Bonchev–Trinajstić information content (AvgIpc) is 2.80. The highest BCUT2D eigenvalue weighted by Gasteiger charge is 2.37. The van der Waals surface area contributed by atoms with Crippen LogP contribution in [0.5, 0.6) is 0 Å². The van der Waals surface area contributed by atoms with Gasteiger partial charge in [0.1, 0.15) is 5.82 Å². The molecule has 19 heavy (non-hydrogen) atoms. The van der Waals surface area contributed by atoms with Gasteiger partial charge in [-0.15, -0.1) is 0 Å². The second kappa shape index (κ2) is 5.26. The molecule has 2 unspecified atom stereocenters. The van der Waals surface area contributed by atoms with Crippen LogP contribution in [0.1, 0.15) is 23.8 Å². The third kappa shape index (κ3) is 2.52. The third-order valence-electron chi connectivity index (χ3n) is 3.51. The van der Waals surface area contributed by atoms with Crippen molar-refractivity contribution in [1.82, 2.24) is 4.98 Å². The minimum absolute atomic E-state index is 0.00576. The number of hydrogen-bond donors (Lipinski definition) is 1. The molecule has 2 rings (SSSR count). The van der Waals surface area contributed by atoms with Gasteiger partial charge in [0.2, 0.25) is 0 Å². The fourth-order valence-electron chi connectivity index (χ4n) is 2.43. The Morgan fingerprint density at radius 2 is 2.21 bits per heavy atom. The summed E-state index contributed by atoms with van der Waals surface area (Å²) < 4.78 is 4.77. The van der Waals surface area contributed by atoms with Gasteiger partial charge in [0.05, 0.1) is 13.0 Å². The monoisotopic (exact) mass is 264 g/mol. The highest BCUT2D eigenvalue weighted by molar-refractivity contribution is 5.85. The predicted molar refractivity (Wildman–Crippen MR) is 68.1 cm³/mol. The van der Waals surface area contributed by atoms with Crippen LogP contribution in [-0.4, -0.2) is 41.7 Å². The molecule has 2 atom stereocenters. The van der Waals surface area contributed by atoms with Gasteiger partial charge in [-0.1, -0.05) is 6.07 Å². The number of carboxylic acids is 1. The molecular formula is C13H16N2O4. The molecule has 1 aliphatic rings. The Labute approximate surface area is 111 Å². The normalized spacial score (nSPS) is 22.3. The zero-order valence-corrected chi connectivity index (χ0v) is 10.9. The number of aromatic nitrogens is 1. The number of esters is 1. The molecule has 1 N–H and O–H groups in total. The maximum absolute atomic E-state index is 11.6. The molecule has 1 fully saturated rings. The van der Waals surface area contributed by atoms with E-state index in [1.54, 1.807) is 12.1 Å². The summed E-state index contributed by atoms with van der Waals surface area (Å²) in [5, 5.41) is 8.94. The lowest BCUT2D eigenvalue weighted by molar-refractivity contribution is -0.145. The first-order valence-corrected chi connectivity index (χ1v) is 6.09. The molecule has 1 aromatic heterocycles. The molecule has 0 bridgehead atoms. The Morgan fingerprint density at radius 1 is 1.47 bits per heavy atom. The number of hydrogen-bond acceptors (Lipinski definition) is 5. The van der Waals surface area contributed by atoms with Crippen LogP contribution in [0.15, 0.2) is 18.2 Å². The minimum atomic E-state index is -1.06. The molecule has 1 aliphatic heterocycles. The van der Waals surface area contributed by atoms with E-state index >= 15 is 0 Å². The van der Waals surface area contributed by atoms with E-state index in [2.05, 4.69) is 4.98 Å². The Balaban J connectivity index is 2.22. The van der Waals surface area contributed by atoms with Gasteiger partial charge in [-0.3, -0.25) is 4.79 Å². The molecule has 0 aliphatic carbocycles. The van der Waals surface area contributed by atoms with Crippen LogP contribution in [0.25, 0.3) is 0 Å². The summed E-state index contributed by atoms with van der Waals surface area (Å²) in [6.07, 6.45) is 0.687. The van der Waals surface area contributed by atoms with Crippen molar-refractivity contribution in [3.05, 3.63) is 23.9 Å². The Kier molecular flexibility index (Phi) is 3.69. The van der Waals surface area contributed by atoms with Crippen LogP contribution in [0.4, 0.5) is 5.82 Å². The zero-order valence-electron chi connectivity index (χ0n) is 10.9. The number of carbonyl (C=O) groups excluding carboxylic acids is 1. The SMILES string of the molecule is COC(=O)C1CCN(c2cccc(C(=O)O)n2)C1C. The van der Waals surface area contributed by atoms with E-state index < -0.39 is 5.97 Å². The first-order valence-electron chi connectivity index (χ1n) is 6.09.